The van der Waals surface area contributed by atoms with Gasteiger partial charge in [0.05, 0.1) is 0 Å². The Bertz CT molecular complexity index is 192. The fraction of sp³-hybridized carbons (Fsp3) is 0.900. The molecule has 1 rings (SSSR count). The van der Waals surface area contributed by atoms with E-state index in [4.69, 9.17) is 5.73 Å². The quantitative estimate of drug-likeness (QED) is 0.627. The van der Waals surface area contributed by atoms with Crippen molar-refractivity contribution < 1.29 is 4.79 Å². The van der Waals surface area contributed by atoms with E-state index >= 15 is 0 Å². The highest BCUT2D eigenvalue weighted by Gasteiger charge is 2.20. The lowest BCUT2D eigenvalue weighted by molar-refractivity contribution is 0.221. The summed E-state index contributed by atoms with van der Waals surface area (Å²) in [5, 5.41) is 5.83. The van der Waals surface area contributed by atoms with Crippen LogP contribution in [0.5, 0.6) is 0 Å². The summed E-state index contributed by atoms with van der Waals surface area (Å²) in [6.07, 6.45) is 3.47. The van der Waals surface area contributed by atoms with Crippen molar-refractivity contribution in [1.29, 1.82) is 0 Å². The number of urea groups is 1. The van der Waals surface area contributed by atoms with Crippen molar-refractivity contribution in [1.82, 2.24) is 10.6 Å². The lowest BCUT2D eigenvalue weighted by Crippen LogP contribution is -2.49. The molecule has 2 unspecified atom stereocenters. The largest absolute Gasteiger partial charge is 0.335 e. The van der Waals surface area contributed by atoms with Crippen LogP contribution in [-0.2, 0) is 0 Å². The third-order valence-corrected chi connectivity index (χ3v) is 3.02. The first-order valence-electron chi connectivity index (χ1n) is 5.40. The van der Waals surface area contributed by atoms with E-state index in [9.17, 15) is 4.79 Å². The molecule has 14 heavy (non-hydrogen) atoms. The molecule has 4 N–H and O–H groups in total. The molecule has 0 spiro atoms. The molecule has 0 radical (unpaired) electrons. The van der Waals surface area contributed by atoms with E-state index in [0.717, 1.165) is 12.8 Å². The summed E-state index contributed by atoms with van der Waals surface area (Å²) in [5.74, 6) is 0.321. The van der Waals surface area contributed by atoms with Crippen molar-refractivity contribution >= 4 is 6.03 Å². The average Bonchev–Trinajstić information content (AvgIpc) is 2.10. The smallest absolute Gasteiger partial charge is 0.315 e. The average molecular weight is 199 g/mol. The van der Waals surface area contributed by atoms with Gasteiger partial charge in [0.25, 0.3) is 0 Å². The molecule has 1 aliphatic rings. The molecule has 0 aromatic heterocycles. The fourth-order valence-electron chi connectivity index (χ4n) is 1.33. The van der Waals surface area contributed by atoms with Gasteiger partial charge in [0.15, 0.2) is 0 Å². The Morgan fingerprint density at radius 2 is 2.14 bits per heavy atom. The Kier molecular flexibility index (Phi) is 4.20. The van der Waals surface area contributed by atoms with Crippen molar-refractivity contribution in [2.75, 3.05) is 6.54 Å². The minimum absolute atomic E-state index is 0.0532. The Balaban J connectivity index is 2.18. The maximum Gasteiger partial charge on any atom is 0.315 e. The normalized spacial score (nSPS) is 20.8. The summed E-state index contributed by atoms with van der Waals surface area (Å²) in [5.41, 5.74) is 5.52. The lowest BCUT2D eigenvalue weighted by atomic mass is 9.93. The van der Waals surface area contributed by atoms with Gasteiger partial charge in [-0.1, -0.05) is 6.92 Å². The van der Waals surface area contributed by atoms with Gasteiger partial charge in [-0.15, -0.1) is 0 Å². The Morgan fingerprint density at radius 3 is 2.57 bits per heavy atom. The number of carbonyl (C=O) groups is 1. The lowest BCUT2D eigenvalue weighted by Gasteiger charge is -2.28. The van der Waals surface area contributed by atoms with Gasteiger partial charge in [-0.05, 0) is 38.6 Å². The molecular weight excluding hydrogens is 178 g/mol. The van der Waals surface area contributed by atoms with Crippen molar-refractivity contribution in [3.63, 3.8) is 0 Å². The van der Waals surface area contributed by atoms with Crippen LogP contribution in [0.2, 0.25) is 0 Å². The predicted molar refractivity (Wildman–Crippen MR) is 57.0 cm³/mol. The minimum atomic E-state index is -0.0532. The van der Waals surface area contributed by atoms with E-state index in [-0.39, 0.29) is 12.1 Å². The highest BCUT2D eigenvalue weighted by molar-refractivity contribution is 5.74. The van der Waals surface area contributed by atoms with Gasteiger partial charge >= 0.3 is 6.03 Å². The van der Waals surface area contributed by atoms with Gasteiger partial charge in [0, 0.05) is 12.1 Å². The van der Waals surface area contributed by atoms with E-state index in [1.807, 2.05) is 13.8 Å². The van der Waals surface area contributed by atoms with Gasteiger partial charge in [-0.3, -0.25) is 0 Å². The highest BCUT2D eigenvalue weighted by atomic mass is 16.2. The van der Waals surface area contributed by atoms with Crippen molar-refractivity contribution in [3.8, 4) is 0 Å². The van der Waals surface area contributed by atoms with Crippen LogP contribution in [-0.4, -0.2) is 24.7 Å². The summed E-state index contributed by atoms with van der Waals surface area (Å²) in [6, 6.07) is 0.484. The first-order chi connectivity index (χ1) is 6.63. The van der Waals surface area contributed by atoms with Crippen LogP contribution in [0.1, 0.15) is 33.1 Å². The van der Waals surface area contributed by atoms with Gasteiger partial charge in [0.2, 0.25) is 0 Å². The number of nitrogens with one attached hydrogen (secondary N) is 2. The van der Waals surface area contributed by atoms with Crippen LogP contribution in [0.15, 0.2) is 0 Å². The molecule has 4 heteroatoms. The molecule has 0 bridgehead atoms. The molecule has 82 valence electrons. The second-order valence-corrected chi connectivity index (χ2v) is 4.25. The minimum Gasteiger partial charge on any atom is -0.335 e. The van der Waals surface area contributed by atoms with E-state index in [1.165, 1.54) is 6.42 Å². The van der Waals surface area contributed by atoms with Crippen LogP contribution < -0.4 is 16.4 Å². The molecule has 1 saturated carbocycles. The number of nitrogens with two attached hydrogens (primary N) is 1. The zero-order valence-electron chi connectivity index (χ0n) is 9.05. The van der Waals surface area contributed by atoms with E-state index < -0.39 is 0 Å². The molecule has 0 heterocycles. The summed E-state index contributed by atoms with van der Waals surface area (Å²) in [7, 11) is 0. The third kappa shape index (κ3) is 3.18. The van der Waals surface area contributed by atoms with Crippen LogP contribution in [0.25, 0.3) is 0 Å². The monoisotopic (exact) mass is 199 g/mol. The molecule has 0 saturated heterocycles. The molecule has 4 nitrogen and oxygen atoms in total. The van der Waals surface area contributed by atoms with Crippen LogP contribution in [0.4, 0.5) is 4.79 Å². The van der Waals surface area contributed by atoms with Crippen LogP contribution in [0, 0.1) is 5.92 Å². The summed E-state index contributed by atoms with van der Waals surface area (Å²) >= 11 is 0. The molecule has 2 atom stereocenters. The first kappa shape index (κ1) is 11.3. The molecular formula is C10H21N3O. The zero-order chi connectivity index (χ0) is 10.6. The zero-order valence-corrected chi connectivity index (χ0v) is 9.05. The van der Waals surface area contributed by atoms with Gasteiger partial charge in [-0.25, -0.2) is 4.79 Å². The molecule has 1 aliphatic carbocycles. The Labute approximate surface area is 85.6 Å². The third-order valence-electron chi connectivity index (χ3n) is 3.02. The van der Waals surface area contributed by atoms with Crippen molar-refractivity contribution in [2.24, 2.45) is 11.7 Å². The van der Waals surface area contributed by atoms with Gasteiger partial charge in [0.1, 0.15) is 0 Å². The number of amides is 2. The summed E-state index contributed by atoms with van der Waals surface area (Å²) < 4.78 is 0. The molecule has 0 aromatic rings. The topological polar surface area (TPSA) is 67.1 Å². The van der Waals surface area contributed by atoms with E-state index in [2.05, 4.69) is 10.6 Å². The second kappa shape index (κ2) is 5.20. The van der Waals surface area contributed by atoms with E-state index in [0.29, 0.717) is 18.5 Å². The second-order valence-electron chi connectivity index (χ2n) is 4.25. The predicted octanol–water partition coefficient (Wildman–Crippen LogP) is 0.821. The SMILES string of the molecule is CC(CN)C(C)NC(=O)NC1CCC1. The fourth-order valence-corrected chi connectivity index (χ4v) is 1.33. The maximum atomic E-state index is 11.4. The standard InChI is InChI=1S/C10H21N3O/c1-7(6-11)8(2)12-10(14)13-9-4-3-5-9/h7-9H,3-6,11H2,1-2H3,(H2,12,13,14). The maximum absolute atomic E-state index is 11.4. The first-order valence-corrected chi connectivity index (χ1v) is 5.40. The summed E-state index contributed by atoms with van der Waals surface area (Å²) in [4.78, 5) is 11.4. The van der Waals surface area contributed by atoms with Crippen molar-refractivity contribution in [3.05, 3.63) is 0 Å². The van der Waals surface area contributed by atoms with Crippen LogP contribution >= 0.6 is 0 Å². The summed E-state index contributed by atoms with van der Waals surface area (Å²) in [6.45, 7) is 4.62. The van der Waals surface area contributed by atoms with Crippen molar-refractivity contribution in [2.45, 2.75) is 45.2 Å². The molecule has 1 fully saturated rings. The number of hydrogen-bond acceptors (Lipinski definition) is 2. The van der Waals surface area contributed by atoms with Gasteiger partial charge < -0.3 is 16.4 Å². The van der Waals surface area contributed by atoms with Gasteiger partial charge in [-0.2, -0.15) is 0 Å². The van der Waals surface area contributed by atoms with E-state index in [1.54, 1.807) is 0 Å². The molecule has 2 amide bonds. The Morgan fingerprint density at radius 1 is 1.50 bits per heavy atom. The molecule has 0 aromatic carbocycles. The molecule has 0 aliphatic heterocycles. The highest BCUT2D eigenvalue weighted by Crippen LogP contribution is 2.17. The Hall–Kier alpha value is -0.770. The number of rotatable bonds is 4. The number of carbonyl (C=O) groups excluding carboxylic acids is 1. The number of hydrogen-bond donors (Lipinski definition) is 3. The van der Waals surface area contributed by atoms with Crippen LogP contribution in [0.3, 0.4) is 0 Å².